The molecule has 0 saturated carbocycles. The lowest BCUT2D eigenvalue weighted by molar-refractivity contribution is 0.487. The van der Waals surface area contributed by atoms with E-state index in [0.717, 1.165) is 5.56 Å². The number of nitrogens with zero attached hydrogens (tertiary/aromatic N) is 1. The third-order valence-electron chi connectivity index (χ3n) is 3.48. The van der Waals surface area contributed by atoms with Crippen LogP contribution in [-0.2, 0) is 10.1 Å². The van der Waals surface area contributed by atoms with Gasteiger partial charge in [0.25, 0.3) is 0 Å². The first-order valence-electron chi connectivity index (χ1n) is 6.93. The zero-order valence-corrected chi connectivity index (χ0v) is 14.1. The second kappa shape index (κ2) is 5.83. The lowest BCUT2D eigenvalue weighted by atomic mass is 10.2. The molecule has 0 fully saturated rings. The van der Waals surface area contributed by atoms with Crippen LogP contribution in [0.3, 0.4) is 0 Å². The molecule has 1 heterocycles. The molecule has 0 aliphatic carbocycles. The maximum absolute atomic E-state index is 12.6. The van der Waals surface area contributed by atoms with E-state index in [1.54, 1.807) is 49.5 Å². The number of aromatic nitrogens is 1. The fourth-order valence-electron chi connectivity index (χ4n) is 2.42. The Morgan fingerprint density at radius 2 is 1.87 bits per heavy atom. The summed E-state index contributed by atoms with van der Waals surface area (Å²) in [5, 5.41) is 1.13. The minimum atomic E-state index is -3.95. The predicted molar refractivity (Wildman–Crippen MR) is 90.5 cm³/mol. The van der Waals surface area contributed by atoms with Crippen molar-refractivity contribution in [2.24, 2.45) is 0 Å². The number of rotatable bonds is 3. The lowest BCUT2D eigenvalue weighted by Gasteiger charge is -2.11. The van der Waals surface area contributed by atoms with E-state index in [0.29, 0.717) is 21.5 Å². The minimum Gasteiger partial charge on any atom is -0.377 e. The van der Waals surface area contributed by atoms with Gasteiger partial charge in [-0.2, -0.15) is 8.42 Å². The van der Waals surface area contributed by atoms with Crippen molar-refractivity contribution in [1.29, 1.82) is 0 Å². The van der Waals surface area contributed by atoms with Crippen molar-refractivity contribution in [3.8, 4) is 5.75 Å². The maximum Gasteiger partial charge on any atom is 0.339 e. The average Bonchev–Trinajstić information content (AvgIpc) is 2.50. The summed E-state index contributed by atoms with van der Waals surface area (Å²) in [6.07, 6.45) is 1.56. The highest BCUT2D eigenvalue weighted by Gasteiger charge is 2.21. The molecule has 23 heavy (non-hydrogen) atoms. The fraction of sp³-hybridized carbons (Fsp3) is 0.118. The SMILES string of the molecule is Cc1ccc(S(=O)(=O)Oc2ccc(Cl)c3cccnc23)c(C)c1. The predicted octanol–water partition coefficient (Wildman–Crippen LogP) is 4.27. The highest BCUT2D eigenvalue weighted by molar-refractivity contribution is 7.87. The molecular formula is C17H14ClNO3S. The highest BCUT2D eigenvalue weighted by atomic mass is 35.5. The first-order valence-corrected chi connectivity index (χ1v) is 8.72. The molecule has 0 amide bonds. The van der Waals surface area contributed by atoms with Gasteiger partial charge in [-0.25, -0.2) is 0 Å². The monoisotopic (exact) mass is 347 g/mol. The largest absolute Gasteiger partial charge is 0.377 e. The number of pyridine rings is 1. The normalized spacial score (nSPS) is 11.6. The quantitative estimate of drug-likeness (QED) is 0.664. The van der Waals surface area contributed by atoms with Gasteiger partial charge in [-0.1, -0.05) is 29.3 Å². The van der Waals surface area contributed by atoms with E-state index < -0.39 is 10.1 Å². The van der Waals surface area contributed by atoms with Gasteiger partial charge < -0.3 is 4.18 Å². The van der Waals surface area contributed by atoms with Crippen LogP contribution in [0.4, 0.5) is 0 Å². The van der Waals surface area contributed by atoms with Crippen LogP contribution in [0.15, 0.2) is 53.6 Å². The number of fused-ring (bicyclic) bond motifs is 1. The van der Waals surface area contributed by atoms with Crippen LogP contribution in [0, 0.1) is 13.8 Å². The molecule has 3 rings (SSSR count). The summed E-state index contributed by atoms with van der Waals surface area (Å²) in [6, 6.07) is 11.7. The molecule has 0 unspecified atom stereocenters. The van der Waals surface area contributed by atoms with Crippen LogP contribution < -0.4 is 4.18 Å². The van der Waals surface area contributed by atoms with Crippen LogP contribution in [0.2, 0.25) is 5.02 Å². The standard InChI is InChI=1S/C17H14ClNO3S/c1-11-5-8-16(12(2)10-11)23(20,21)22-15-7-6-14(18)13-4-3-9-19-17(13)15/h3-10H,1-2H3. The summed E-state index contributed by atoms with van der Waals surface area (Å²) >= 11 is 6.11. The summed E-state index contributed by atoms with van der Waals surface area (Å²) < 4.78 is 30.5. The second-order valence-electron chi connectivity index (χ2n) is 5.25. The van der Waals surface area contributed by atoms with Crippen LogP contribution in [0.1, 0.15) is 11.1 Å². The third-order valence-corrected chi connectivity index (χ3v) is 5.20. The minimum absolute atomic E-state index is 0.141. The molecule has 0 N–H and O–H groups in total. The lowest BCUT2D eigenvalue weighted by Crippen LogP contribution is -2.11. The van der Waals surface area contributed by atoms with Crippen molar-refractivity contribution in [3.63, 3.8) is 0 Å². The molecular weight excluding hydrogens is 334 g/mol. The Kier molecular flexibility index (Phi) is 4.00. The molecule has 3 aromatic rings. The number of halogens is 1. The van der Waals surface area contributed by atoms with Crippen molar-refractivity contribution < 1.29 is 12.6 Å². The Morgan fingerprint density at radius 3 is 2.61 bits per heavy atom. The van der Waals surface area contributed by atoms with E-state index in [9.17, 15) is 8.42 Å². The molecule has 0 radical (unpaired) electrons. The molecule has 1 aromatic heterocycles. The van der Waals surface area contributed by atoms with Gasteiger partial charge in [-0.15, -0.1) is 0 Å². The molecule has 0 atom stereocenters. The number of aryl methyl sites for hydroxylation is 2. The van der Waals surface area contributed by atoms with Crippen molar-refractivity contribution >= 4 is 32.6 Å². The summed E-state index contributed by atoms with van der Waals surface area (Å²) in [4.78, 5) is 4.32. The molecule has 2 aromatic carbocycles. The smallest absolute Gasteiger partial charge is 0.339 e. The molecule has 0 spiro atoms. The molecule has 0 aliphatic heterocycles. The number of hydrogen-bond acceptors (Lipinski definition) is 4. The van der Waals surface area contributed by atoms with E-state index in [1.165, 1.54) is 6.07 Å². The van der Waals surface area contributed by atoms with E-state index in [2.05, 4.69) is 4.98 Å². The van der Waals surface area contributed by atoms with Crippen LogP contribution >= 0.6 is 11.6 Å². The molecule has 0 bridgehead atoms. The molecule has 6 heteroatoms. The van der Waals surface area contributed by atoms with E-state index in [-0.39, 0.29) is 10.6 Å². The average molecular weight is 348 g/mol. The van der Waals surface area contributed by atoms with Gasteiger partial charge in [-0.05, 0) is 49.7 Å². The third kappa shape index (κ3) is 3.02. The zero-order valence-electron chi connectivity index (χ0n) is 12.6. The van der Waals surface area contributed by atoms with Crippen LogP contribution in [0.5, 0.6) is 5.75 Å². The Hall–Kier alpha value is -2.11. The van der Waals surface area contributed by atoms with Crippen molar-refractivity contribution in [1.82, 2.24) is 4.98 Å². The maximum atomic E-state index is 12.6. The van der Waals surface area contributed by atoms with Gasteiger partial charge in [-0.3, -0.25) is 4.98 Å². The van der Waals surface area contributed by atoms with Crippen LogP contribution in [0.25, 0.3) is 10.9 Å². The van der Waals surface area contributed by atoms with Crippen LogP contribution in [-0.4, -0.2) is 13.4 Å². The summed E-state index contributed by atoms with van der Waals surface area (Å²) in [7, 11) is -3.95. The number of hydrogen-bond donors (Lipinski definition) is 0. The summed E-state index contributed by atoms with van der Waals surface area (Å²) in [5.74, 6) is 0.157. The highest BCUT2D eigenvalue weighted by Crippen LogP contribution is 2.32. The van der Waals surface area contributed by atoms with E-state index in [1.807, 2.05) is 6.92 Å². The molecule has 118 valence electrons. The first-order chi connectivity index (χ1) is 10.9. The fourth-order valence-corrected chi connectivity index (χ4v) is 3.79. The Labute approximate surface area is 139 Å². The molecule has 0 aliphatic rings. The molecule has 0 saturated heterocycles. The summed E-state index contributed by atoms with van der Waals surface area (Å²) in [5.41, 5.74) is 2.03. The van der Waals surface area contributed by atoms with Gasteiger partial charge in [0.15, 0.2) is 5.75 Å². The number of benzene rings is 2. The topological polar surface area (TPSA) is 56.3 Å². The Balaban J connectivity index is 2.10. The van der Waals surface area contributed by atoms with Crippen molar-refractivity contribution in [3.05, 3.63) is 64.8 Å². The van der Waals surface area contributed by atoms with Crippen molar-refractivity contribution in [2.75, 3.05) is 0 Å². The van der Waals surface area contributed by atoms with Gasteiger partial charge in [0.2, 0.25) is 0 Å². The van der Waals surface area contributed by atoms with Crippen molar-refractivity contribution in [2.45, 2.75) is 18.7 Å². The van der Waals surface area contributed by atoms with Gasteiger partial charge in [0.1, 0.15) is 10.4 Å². The Bertz CT molecular complexity index is 1000. The van der Waals surface area contributed by atoms with Gasteiger partial charge in [0, 0.05) is 11.6 Å². The van der Waals surface area contributed by atoms with Gasteiger partial charge >= 0.3 is 10.1 Å². The Morgan fingerprint density at radius 1 is 1.09 bits per heavy atom. The zero-order chi connectivity index (χ0) is 16.6. The molecule has 4 nitrogen and oxygen atoms in total. The van der Waals surface area contributed by atoms with E-state index >= 15 is 0 Å². The van der Waals surface area contributed by atoms with E-state index in [4.69, 9.17) is 15.8 Å². The summed E-state index contributed by atoms with van der Waals surface area (Å²) in [6.45, 7) is 3.64. The van der Waals surface area contributed by atoms with Gasteiger partial charge in [0.05, 0.1) is 5.02 Å². The first kappa shape index (κ1) is 15.8. The second-order valence-corrected chi connectivity index (χ2v) is 7.17.